The van der Waals surface area contributed by atoms with E-state index in [4.69, 9.17) is 11.6 Å². The average molecular weight is 619 g/mol. The van der Waals surface area contributed by atoms with Crippen LogP contribution in [0.15, 0.2) is 42.5 Å². The molecule has 1 aliphatic heterocycles. The quantitative estimate of drug-likeness (QED) is 0.243. The van der Waals surface area contributed by atoms with Gasteiger partial charge < -0.3 is 20.3 Å². The highest BCUT2D eigenvalue weighted by Gasteiger charge is 2.48. The molecular formula is C26H15ClF8N4O3. The number of fused-ring (bicyclic) bond motifs is 3. The molecule has 220 valence electrons. The molecule has 3 N–H and O–H groups in total. The molecule has 0 aliphatic carbocycles. The number of imidazole rings is 1. The van der Waals surface area contributed by atoms with Gasteiger partial charge in [-0.25, -0.2) is 13.8 Å². The number of aromatic nitrogens is 2. The Kier molecular flexibility index (Phi) is 6.73. The number of rotatable bonds is 4. The van der Waals surface area contributed by atoms with E-state index in [0.29, 0.717) is 16.7 Å². The molecule has 42 heavy (non-hydrogen) atoms. The second kappa shape index (κ2) is 9.66. The lowest BCUT2D eigenvalue weighted by molar-refractivity contribution is -0.140. The molecule has 0 radical (unpaired) electrons. The summed E-state index contributed by atoms with van der Waals surface area (Å²) < 4.78 is 109. The SMILES string of the molecule is Cc1nc2c3c(c(NC(=O)c4cc(F)cc(C(F)(F)F)c4)cc2n1CC(F)(F)F)C(O)(c1cc(F)ccc1Cl)NC3=O. The number of nitrogens with one attached hydrogen (secondary N) is 2. The van der Waals surface area contributed by atoms with Gasteiger partial charge in [-0.15, -0.1) is 0 Å². The first-order chi connectivity index (χ1) is 19.4. The van der Waals surface area contributed by atoms with Crippen molar-refractivity contribution in [1.82, 2.24) is 14.9 Å². The van der Waals surface area contributed by atoms with E-state index in [1.807, 2.05) is 0 Å². The van der Waals surface area contributed by atoms with Crippen LogP contribution in [0.25, 0.3) is 11.0 Å². The van der Waals surface area contributed by atoms with Crippen LogP contribution in [0.5, 0.6) is 0 Å². The third-order valence-electron chi connectivity index (χ3n) is 6.51. The van der Waals surface area contributed by atoms with Crippen LogP contribution in [0.2, 0.25) is 5.02 Å². The highest BCUT2D eigenvalue weighted by Crippen LogP contribution is 2.45. The fourth-order valence-electron chi connectivity index (χ4n) is 4.79. The van der Waals surface area contributed by atoms with Crippen molar-refractivity contribution in [3.8, 4) is 0 Å². The van der Waals surface area contributed by atoms with Crippen LogP contribution >= 0.6 is 11.6 Å². The summed E-state index contributed by atoms with van der Waals surface area (Å²) in [6.45, 7) is -0.383. The molecule has 1 unspecified atom stereocenters. The van der Waals surface area contributed by atoms with Crippen LogP contribution in [-0.4, -0.2) is 32.6 Å². The lowest BCUT2D eigenvalue weighted by atomic mass is 9.91. The normalized spacial score (nSPS) is 17.0. The number of benzene rings is 3. The Morgan fingerprint density at radius 1 is 1.07 bits per heavy atom. The van der Waals surface area contributed by atoms with Gasteiger partial charge >= 0.3 is 12.4 Å². The molecule has 0 saturated heterocycles. The van der Waals surface area contributed by atoms with E-state index in [0.717, 1.165) is 24.3 Å². The van der Waals surface area contributed by atoms with Gasteiger partial charge in [-0.3, -0.25) is 9.59 Å². The predicted molar refractivity (Wildman–Crippen MR) is 132 cm³/mol. The Morgan fingerprint density at radius 2 is 1.76 bits per heavy atom. The van der Waals surface area contributed by atoms with E-state index in [1.54, 1.807) is 0 Å². The van der Waals surface area contributed by atoms with Crippen LogP contribution in [0.4, 0.5) is 40.8 Å². The largest absolute Gasteiger partial charge is 0.416 e. The van der Waals surface area contributed by atoms with Gasteiger partial charge in [0.1, 0.15) is 29.5 Å². The van der Waals surface area contributed by atoms with Crippen LogP contribution in [-0.2, 0) is 18.4 Å². The Morgan fingerprint density at radius 3 is 2.40 bits per heavy atom. The zero-order valence-electron chi connectivity index (χ0n) is 20.8. The minimum atomic E-state index is -5.04. The molecule has 0 fully saturated rings. The molecule has 3 aromatic carbocycles. The molecule has 5 rings (SSSR count). The number of anilines is 1. The Bertz CT molecular complexity index is 1800. The van der Waals surface area contributed by atoms with Gasteiger partial charge in [0, 0.05) is 21.7 Å². The number of amides is 2. The summed E-state index contributed by atoms with van der Waals surface area (Å²) in [4.78, 5) is 30.4. The summed E-state index contributed by atoms with van der Waals surface area (Å²) >= 11 is 6.17. The number of aliphatic hydroxyl groups is 1. The number of carbonyl (C=O) groups excluding carboxylic acids is 2. The average Bonchev–Trinajstić information content (AvgIpc) is 3.31. The second-order valence-corrected chi connectivity index (χ2v) is 9.78. The summed E-state index contributed by atoms with van der Waals surface area (Å²) in [6.07, 6.45) is -9.81. The highest BCUT2D eigenvalue weighted by atomic mass is 35.5. The molecule has 7 nitrogen and oxygen atoms in total. The van der Waals surface area contributed by atoms with E-state index < -0.39 is 81.6 Å². The zero-order valence-corrected chi connectivity index (χ0v) is 21.6. The summed E-state index contributed by atoms with van der Waals surface area (Å²) in [5.74, 6) is -5.04. The van der Waals surface area contributed by atoms with Crippen molar-refractivity contribution in [1.29, 1.82) is 0 Å². The number of halogens is 9. The molecule has 1 aliphatic rings. The molecule has 2 amide bonds. The van der Waals surface area contributed by atoms with Crippen LogP contribution < -0.4 is 10.6 Å². The lowest BCUT2D eigenvalue weighted by Crippen LogP contribution is -2.41. The summed E-state index contributed by atoms with van der Waals surface area (Å²) in [5.41, 5.74) is -7.83. The van der Waals surface area contributed by atoms with Gasteiger partial charge in [0.05, 0.1) is 22.3 Å². The molecule has 0 saturated carbocycles. The van der Waals surface area contributed by atoms with Crippen molar-refractivity contribution >= 4 is 40.1 Å². The third kappa shape index (κ3) is 5.02. The maximum atomic E-state index is 14.2. The first-order valence-corrected chi connectivity index (χ1v) is 12.1. The van der Waals surface area contributed by atoms with Crippen LogP contribution in [0.1, 0.15) is 43.2 Å². The lowest BCUT2D eigenvalue weighted by Gasteiger charge is -2.27. The summed E-state index contributed by atoms with van der Waals surface area (Å²) in [6, 6.07) is 4.58. The van der Waals surface area contributed by atoms with Crippen molar-refractivity contribution < 1.29 is 49.8 Å². The third-order valence-corrected chi connectivity index (χ3v) is 6.84. The van der Waals surface area contributed by atoms with E-state index in [-0.39, 0.29) is 27.9 Å². The maximum Gasteiger partial charge on any atom is 0.416 e. The number of carbonyl (C=O) groups is 2. The topological polar surface area (TPSA) is 96.2 Å². The maximum absolute atomic E-state index is 14.2. The van der Waals surface area contributed by atoms with Crippen molar-refractivity contribution in [3.05, 3.63) is 92.8 Å². The fourth-order valence-corrected chi connectivity index (χ4v) is 5.05. The fraction of sp³-hybridized carbons (Fsp3) is 0.192. The van der Waals surface area contributed by atoms with Crippen LogP contribution in [0, 0.1) is 18.6 Å². The summed E-state index contributed by atoms with van der Waals surface area (Å²) in [7, 11) is 0. The standard InChI is InChI=1S/C26H15ClF8N4O3/c1-10-36-21-18(39(10)9-24(30,31)32)8-17(37-22(40)11-4-12(26(33,34)35)6-14(29)5-11)20-19(21)23(41)38-25(20,42)15-7-13(28)2-3-16(15)27/h2-8,42H,9H2,1H3,(H,37,40)(H,38,41). The molecule has 16 heteroatoms. The number of hydrogen-bond donors (Lipinski definition) is 3. The summed E-state index contributed by atoms with van der Waals surface area (Å²) in [5, 5.41) is 15.8. The van der Waals surface area contributed by atoms with E-state index >= 15 is 0 Å². The highest BCUT2D eigenvalue weighted by molar-refractivity contribution is 6.31. The number of alkyl halides is 6. The Labute approximate surface area is 234 Å². The molecule has 4 aromatic rings. The van der Waals surface area contributed by atoms with Crippen molar-refractivity contribution in [2.75, 3.05) is 5.32 Å². The molecular weight excluding hydrogens is 604 g/mol. The molecule has 0 bridgehead atoms. The monoisotopic (exact) mass is 618 g/mol. The van der Waals surface area contributed by atoms with E-state index in [9.17, 15) is 49.8 Å². The predicted octanol–water partition coefficient (Wildman–Crippen LogP) is 6.05. The minimum Gasteiger partial charge on any atom is -0.363 e. The van der Waals surface area contributed by atoms with Gasteiger partial charge in [0.15, 0.2) is 5.72 Å². The number of hydrogen-bond acceptors (Lipinski definition) is 4. The second-order valence-electron chi connectivity index (χ2n) is 9.37. The first-order valence-electron chi connectivity index (χ1n) is 11.7. The van der Waals surface area contributed by atoms with Gasteiger partial charge in [-0.2, -0.15) is 26.3 Å². The van der Waals surface area contributed by atoms with E-state index in [1.165, 1.54) is 6.92 Å². The Hall–Kier alpha value is -4.24. The van der Waals surface area contributed by atoms with Crippen molar-refractivity contribution in [2.45, 2.75) is 31.5 Å². The molecule has 0 spiro atoms. The smallest absolute Gasteiger partial charge is 0.363 e. The van der Waals surface area contributed by atoms with Gasteiger partial charge in [-0.05, 0) is 49.4 Å². The van der Waals surface area contributed by atoms with Gasteiger partial charge in [0.2, 0.25) is 0 Å². The number of nitrogens with zero attached hydrogens (tertiary/aromatic N) is 2. The number of aryl methyl sites for hydroxylation is 1. The molecule has 2 heterocycles. The zero-order chi connectivity index (χ0) is 30.9. The molecule has 1 atom stereocenters. The van der Waals surface area contributed by atoms with Crippen molar-refractivity contribution in [3.63, 3.8) is 0 Å². The van der Waals surface area contributed by atoms with Gasteiger partial charge in [-0.1, -0.05) is 11.6 Å². The Balaban J connectivity index is 1.78. The minimum absolute atomic E-state index is 0.145. The van der Waals surface area contributed by atoms with Gasteiger partial charge in [0.25, 0.3) is 11.8 Å². The van der Waals surface area contributed by atoms with E-state index in [2.05, 4.69) is 15.6 Å². The first kappa shape index (κ1) is 29.3. The van der Waals surface area contributed by atoms with Crippen molar-refractivity contribution in [2.24, 2.45) is 0 Å². The van der Waals surface area contributed by atoms with Crippen LogP contribution in [0.3, 0.4) is 0 Å². The molecule has 1 aromatic heterocycles.